The van der Waals surface area contributed by atoms with Crippen LogP contribution >= 0.6 is 0 Å². The number of hydrogen-bond donors (Lipinski definition) is 1. The third kappa shape index (κ3) is 2.38. The van der Waals surface area contributed by atoms with E-state index in [2.05, 4.69) is 4.98 Å². The monoisotopic (exact) mass is 299 g/mol. The van der Waals surface area contributed by atoms with Gasteiger partial charge in [0, 0.05) is 18.4 Å². The number of aryl methyl sites for hydroxylation is 1. The fourth-order valence-corrected chi connectivity index (χ4v) is 2.66. The van der Waals surface area contributed by atoms with Crippen LogP contribution in [0, 0.1) is 12.7 Å². The molecule has 0 aliphatic carbocycles. The van der Waals surface area contributed by atoms with E-state index in [1.807, 2.05) is 34.9 Å². The summed E-state index contributed by atoms with van der Waals surface area (Å²) in [4.78, 5) is 4.60. The fourth-order valence-electron chi connectivity index (χ4n) is 2.66. The van der Waals surface area contributed by atoms with Gasteiger partial charge in [0.05, 0.1) is 23.7 Å². The largest absolute Gasteiger partial charge is 0.383 e. The predicted molar refractivity (Wildman–Crippen MR) is 84.6 cm³/mol. The SMILES string of the molecule is COCC(N)c1nc2ccc(F)c(C)c2n1-c1ccccc1. The van der Waals surface area contributed by atoms with Crippen molar-refractivity contribution in [3.8, 4) is 5.69 Å². The maximum atomic E-state index is 14.0. The smallest absolute Gasteiger partial charge is 0.133 e. The Bertz CT molecular complexity index is 799. The van der Waals surface area contributed by atoms with Crippen LogP contribution in [0.4, 0.5) is 4.39 Å². The van der Waals surface area contributed by atoms with Crippen LogP contribution in [0.5, 0.6) is 0 Å². The molecule has 0 spiro atoms. The molecule has 0 saturated heterocycles. The molecule has 1 heterocycles. The molecular formula is C17H18FN3O. The second kappa shape index (κ2) is 5.87. The maximum absolute atomic E-state index is 14.0. The molecule has 0 aliphatic rings. The number of rotatable bonds is 4. The lowest BCUT2D eigenvalue weighted by atomic mass is 10.2. The Balaban J connectivity index is 2.33. The summed E-state index contributed by atoms with van der Waals surface area (Å²) in [5.41, 5.74) is 9.13. The van der Waals surface area contributed by atoms with Crippen molar-refractivity contribution in [1.29, 1.82) is 0 Å². The first-order chi connectivity index (χ1) is 10.6. The van der Waals surface area contributed by atoms with Gasteiger partial charge >= 0.3 is 0 Å². The van der Waals surface area contributed by atoms with Crippen LogP contribution in [-0.4, -0.2) is 23.3 Å². The molecule has 3 rings (SSSR count). The van der Waals surface area contributed by atoms with Crippen LogP contribution in [0.2, 0.25) is 0 Å². The molecule has 2 aromatic carbocycles. The van der Waals surface area contributed by atoms with Gasteiger partial charge in [-0.1, -0.05) is 18.2 Å². The van der Waals surface area contributed by atoms with Crippen LogP contribution in [0.15, 0.2) is 42.5 Å². The predicted octanol–water partition coefficient (Wildman–Crippen LogP) is 3.12. The molecule has 22 heavy (non-hydrogen) atoms. The van der Waals surface area contributed by atoms with Crippen molar-refractivity contribution in [2.75, 3.05) is 13.7 Å². The first kappa shape index (κ1) is 14.7. The maximum Gasteiger partial charge on any atom is 0.133 e. The lowest BCUT2D eigenvalue weighted by Crippen LogP contribution is -2.20. The van der Waals surface area contributed by atoms with E-state index in [0.717, 1.165) is 16.7 Å². The number of methoxy groups -OCH3 is 1. The third-order valence-electron chi connectivity index (χ3n) is 3.72. The van der Waals surface area contributed by atoms with Gasteiger partial charge in [-0.25, -0.2) is 9.37 Å². The first-order valence-electron chi connectivity index (χ1n) is 7.11. The molecule has 114 valence electrons. The molecule has 1 atom stereocenters. The van der Waals surface area contributed by atoms with Crippen LogP contribution in [0.25, 0.3) is 16.7 Å². The van der Waals surface area contributed by atoms with Gasteiger partial charge < -0.3 is 10.5 Å². The van der Waals surface area contributed by atoms with Crippen molar-refractivity contribution in [3.05, 3.63) is 59.7 Å². The molecule has 2 N–H and O–H groups in total. The Labute approximate surface area is 128 Å². The summed E-state index contributed by atoms with van der Waals surface area (Å²) in [5.74, 6) is 0.410. The molecule has 3 aromatic rings. The summed E-state index contributed by atoms with van der Waals surface area (Å²) in [6.45, 7) is 2.10. The second-order valence-corrected chi connectivity index (χ2v) is 5.24. The van der Waals surface area contributed by atoms with Crippen molar-refractivity contribution in [2.24, 2.45) is 5.73 Å². The topological polar surface area (TPSA) is 53.1 Å². The van der Waals surface area contributed by atoms with Crippen molar-refractivity contribution >= 4 is 11.0 Å². The summed E-state index contributed by atoms with van der Waals surface area (Å²) >= 11 is 0. The van der Waals surface area contributed by atoms with E-state index in [4.69, 9.17) is 10.5 Å². The average molecular weight is 299 g/mol. The highest BCUT2D eigenvalue weighted by Gasteiger charge is 2.20. The molecular weight excluding hydrogens is 281 g/mol. The minimum absolute atomic E-state index is 0.253. The highest BCUT2D eigenvalue weighted by Crippen LogP contribution is 2.28. The Morgan fingerprint density at radius 2 is 1.95 bits per heavy atom. The number of nitrogens with zero attached hydrogens (tertiary/aromatic N) is 2. The normalized spacial score (nSPS) is 12.7. The molecule has 1 aromatic heterocycles. The molecule has 0 amide bonds. The number of imidazole rings is 1. The van der Waals surface area contributed by atoms with Gasteiger partial charge in [0.2, 0.25) is 0 Å². The van der Waals surface area contributed by atoms with Crippen molar-refractivity contribution in [1.82, 2.24) is 9.55 Å². The summed E-state index contributed by atoms with van der Waals surface area (Å²) < 4.78 is 21.1. The Kier molecular flexibility index (Phi) is 3.92. The number of benzene rings is 2. The van der Waals surface area contributed by atoms with Gasteiger partial charge in [0.15, 0.2) is 0 Å². The minimum atomic E-state index is -0.389. The number of hydrogen-bond acceptors (Lipinski definition) is 3. The Hall–Kier alpha value is -2.24. The van der Waals surface area contributed by atoms with E-state index in [9.17, 15) is 4.39 Å². The number of fused-ring (bicyclic) bond motifs is 1. The number of nitrogens with two attached hydrogens (primary N) is 1. The van der Waals surface area contributed by atoms with Gasteiger partial charge in [-0.2, -0.15) is 0 Å². The van der Waals surface area contributed by atoms with Gasteiger partial charge in [-0.05, 0) is 31.2 Å². The zero-order valence-electron chi connectivity index (χ0n) is 12.6. The number of aromatic nitrogens is 2. The molecule has 4 nitrogen and oxygen atoms in total. The van der Waals surface area contributed by atoms with E-state index in [-0.39, 0.29) is 11.9 Å². The number of ether oxygens (including phenoxy) is 1. The zero-order chi connectivity index (χ0) is 15.7. The van der Waals surface area contributed by atoms with Crippen LogP contribution in [0.1, 0.15) is 17.4 Å². The van der Waals surface area contributed by atoms with Crippen LogP contribution in [-0.2, 0) is 4.74 Å². The first-order valence-corrected chi connectivity index (χ1v) is 7.11. The summed E-state index contributed by atoms with van der Waals surface area (Å²) in [6.07, 6.45) is 0. The van der Waals surface area contributed by atoms with Crippen LogP contribution in [0.3, 0.4) is 0 Å². The van der Waals surface area contributed by atoms with E-state index in [1.54, 1.807) is 20.1 Å². The molecule has 0 radical (unpaired) electrons. The van der Waals surface area contributed by atoms with Gasteiger partial charge in [0.25, 0.3) is 0 Å². The fraction of sp³-hybridized carbons (Fsp3) is 0.235. The number of halogens is 1. The number of para-hydroxylation sites is 1. The summed E-state index contributed by atoms with van der Waals surface area (Å²) in [7, 11) is 1.60. The van der Waals surface area contributed by atoms with Crippen molar-refractivity contribution < 1.29 is 9.13 Å². The molecule has 0 saturated carbocycles. The van der Waals surface area contributed by atoms with Crippen molar-refractivity contribution in [3.63, 3.8) is 0 Å². The lowest BCUT2D eigenvalue weighted by molar-refractivity contribution is 0.178. The third-order valence-corrected chi connectivity index (χ3v) is 3.72. The van der Waals surface area contributed by atoms with E-state index in [1.165, 1.54) is 6.07 Å². The highest BCUT2D eigenvalue weighted by molar-refractivity contribution is 5.82. The highest BCUT2D eigenvalue weighted by atomic mass is 19.1. The molecule has 1 unspecified atom stereocenters. The molecule has 0 bridgehead atoms. The van der Waals surface area contributed by atoms with Gasteiger partial charge in [0.1, 0.15) is 11.6 Å². The summed E-state index contributed by atoms with van der Waals surface area (Å²) in [5, 5.41) is 0. The van der Waals surface area contributed by atoms with Crippen LogP contribution < -0.4 is 5.73 Å². The minimum Gasteiger partial charge on any atom is -0.383 e. The molecule has 0 aliphatic heterocycles. The molecule has 0 fully saturated rings. The van der Waals surface area contributed by atoms with Gasteiger partial charge in [-0.3, -0.25) is 4.57 Å². The van der Waals surface area contributed by atoms with E-state index >= 15 is 0 Å². The van der Waals surface area contributed by atoms with E-state index < -0.39 is 0 Å². The quantitative estimate of drug-likeness (QED) is 0.805. The molecule has 5 heteroatoms. The Morgan fingerprint density at radius 1 is 1.23 bits per heavy atom. The second-order valence-electron chi connectivity index (χ2n) is 5.24. The van der Waals surface area contributed by atoms with Gasteiger partial charge in [-0.15, -0.1) is 0 Å². The summed E-state index contributed by atoms with van der Waals surface area (Å²) in [6, 6.07) is 12.4. The zero-order valence-corrected chi connectivity index (χ0v) is 12.6. The lowest BCUT2D eigenvalue weighted by Gasteiger charge is -2.15. The average Bonchev–Trinajstić information content (AvgIpc) is 2.92. The van der Waals surface area contributed by atoms with Crippen molar-refractivity contribution in [2.45, 2.75) is 13.0 Å². The van der Waals surface area contributed by atoms with E-state index in [0.29, 0.717) is 18.0 Å². The Morgan fingerprint density at radius 3 is 2.64 bits per heavy atom. The standard InChI is InChI=1S/C17H18FN3O/c1-11-13(18)8-9-15-16(11)21(12-6-4-3-5-7-12)17(20-15)14(19)10-22-2/h3-9,14H,10,19H2,1-2H3.